The maximum Gasteiger partial charge on any atom is 0.323 e. The number of carboxylic acids is 1. The third-order valence-electron chi connectivity index (χ3n) is 3.56. The standard InChI is InChI=1S/C14H21BrN2O3S/c1-5-17(8-10-6-7-11(15)21-10)12(18)9-16(4)14(2,3)13(19)20/h6-7H,5,8-9H2,1-4H3,(H,19,20). The number of thiophene rings is 1. The van der Waals surface area contributed by atoms with Crippen LogP contribution in [0.4, 0.5) is 0 Å². The maximum atomic E-state index is 12.3. The summed E-state index contributed by atoms with van der Waals surface area (Å²) in [7, 11) is 1.65. The van der Waals surface area contributed by atoms with Crippen LogP contribution in [0, 0.1) is 0 Å². The van der Waals surface area contributed by atoms with Crippen molar-refractivity contribution < 1.29 is 14.7 Å². The Balaban J connectivity index is 2.69. The zero-order chi connectivity index (χ0) is 16.2. The normalized spacial score (nSPS) is 11.7. The Kier molecular flexibility index (Phi) is 6.37. The van der Waals surface area contributed by atoms with Gasteiger partial charge in [0.05, 0.1) is 16.9 Å². The molecule has 0 atom stereocenters. The Bertz CT molecular complexity index is 516. The maximum absolute atomic E-state index is 12.3. The lowest BCUT2D eigenvalue weighted by molar-refractivity contribution is -0.150. The predicted octanol–water partition coefficient (Wildman–Crippen LogP) is 2.65. The molecule has 0 unspecified atom stereocenters. The van der Waals surface area contributed by atoms with Gasteiger partial charge in [0.15, 0.2) is 0 Å². The van der Waals surface area contributed by atoms with Crippen LogP contribution in [0.1, 0.15) is 25.6 Å². The summed E-state index contributed by atoms with van der Waals surface area (Å²) in [5.74, 6) is -1.01. The van der Waals surface area contributed by atoms with Crippen molar-refractivity contribution in [1.29, 1.82) is 0 Å². The van der Waals surface area contributed by atoms with Crippen molar-refractivity contribution in [2.45, 2.75) is 32.9 Å². The van der Waals surface area contributed by atoms with Gasteiger partial charge in [-0.3, -0.25) is 14.5 Å². The first-order valence-electron chi connectivity index (χ1n) is 6.65. The highest BCUT2D eigenvalue weighted by Crippen LogP contribution is 2.23. The minimum atomic E-state index is -1.07. The summed E-state index contributed by atoms with van der Waals surface area (Å²) in [6.45, 7) is 6.33. The molecule has 1 aromatic heterocycles. The zero-order valence-corrected chi connectivity index (χ0v) is 15.1. The molecule has 0 radical (unpaired) electrons. The van der Waals surface area contributed by atoms with Crippen molar-refractivity contribution in [3.63, 3.8) is 0 Å². The minimum absolute atomic E-state index is 0.0705. The second kappa shape index (κ2) is 7.38. The molecular weight excluding hydrogens is 356 g/mol. The van der Waals surface area contributed by atoms with Crippen molar-refractivity contribution in [2.24, 2.45) is 0 Å². The molecule has 0 bridgehead atoms. The van der Waals surface area contributed by atoms with Crippen molar-refractivity contribution in [3.8, 4) is 0 Å². The molecular formula is C14H21BrN2O3S. The topological polar surface area (TPSA) is 60.9 Å². The summed E-state index contributed by atoms with van der Waals surface area (Å²) >= 11 is 5.00. The van der Waals surface area contributed by atoms with Gasteiger partial charge in [0.2, 0.25) is 5.91 Å². The molecule has 0 saturated heterocycles. The molecule has 1 N–H and O–H groups in total. The average molecular weight is 377 g/mol. The molecule has 1 aromatic rings. The van der Waals surface area contributed by atoms with Gasteiger partial charge >= 0.3 is 5.97 Å². The molecule has 0 aliphatic carbocycles. The summed E-state index contributed by atoms with van der Waals surface area (Å²) < 4.78 is 1.03. The molecule has 1 heterocycles. The molecule has 7 heteroatoms. The molecule has 118 valence electrons. The highest BCUT2D eigenvalue weighted by atomic mass is 79.9. The van der Waals surface area contributed by atoms with Gasteiger partial charge in [-0.2, -0.15) is 0 Å². The Labute approximate surface area is 137 Å². The van der Waals surface area contributed by atoms with E-state index in [4.69, 9.17) is 0 Å². The van der Waals surface area contributed by atoms with E-state index in [1.807, 2.05) is 19.1 Å². The molecule has 0 spiro atoms. The number of hydrogen-bond donors (Lipinski definition) is 1. The van der Waals surface area contributed by atoms with Gasteiger partial charge in [0, 0.05) is 11.4 Å². The molecule has 0 aromatic carbocycles. The lowest BCUT2D eigenvalue weighted by Gasteiger charge is -2.32. The van der Waals surface area contributed by atoms with Crippen molar-refractivity contribution in [3.05, 3.63) is 20.8 Å². The third-order valence-corrected chi connectivity index (χ3v) is 5.17. The van der Waals surface area contributed by atoms with E-state index in [-0.39, 0.29) is 12.5 Å². The van der Waals surface area contributed by atoms with E-state index < -0.39 is 11.5 Å². The first kappa shape index (κ1) is 18.1. The van der Waals surface area contributed by atoms with E-state index in [0.717, 1.165) is 8.66 Å². The van der Waals surface area contributed by atoms with Crippen LogP contribution < -0.4 is 0 Å². The first-order chi connectivity index (χ1) is 9.68. The summed E-state index contributed by atoms with van der Waals surface area (Å²) in [6, 6.07) is 3.94. The molecule has 0 aliphatic heterocycles. The SMILES string of the molecule is CCN(Cc1ccc(Br)s1)C(=O)CN(C)C(C)(C)C(=O)O. The fourth-order valence-corrected chi connectivity index (χ4v) is 3.16. The van der Waals surface area contributed by atoms with E-state index >= 15 is 0 Å². The highest BCUT2D eigenvalue weighted by Gasteiger charge is 2.33. The molecule has 1 rings (SSSR count). The molecule has 0 fully saturated rings. The Morgan fingerprint density at radius 2 is 2.00 bits per heavy atom. The number of amides is 1. The van der Waals surface area contributed by atoms with E-state index in [9.17, 15) is 14.7 Å². The van der Waals surface area contributed by atoms with Crippen LogP contribution in [-0.4, -0.2) is 52.5 Å². The highest BCUT2D eigenvalue weighted by molar-refractivity contribution is 9.11. The minimum Gasteiger partial charge on any atom is -0.480 e. The summed E-state index contributed by atoms with van der Waals surface area (Å²) in [6.07, 6.45) is 0. The number of hydrogen-bond acceptors (Lipinski definition) is 4. The quantitative estimate of drug-likeness (QED) is 0.794. The molecule has 21 heavy (non-hydrogen) atoms. The van der Waals surface area contributed by atoms with E-state index in [0.29, 0.717) is 13.1 Å². The van der Waals surface area contributed by atoms with E-state index in [1.165, 1.54) is 0 Å². The fraction of sp³-hybridized carbons (Fsp3) is 0.571. The van der Waals surface area contributed by atoms with Crippen LogP contribution in [0.2, 0.25) is 0 Å². The van der Waals surface area contributed by atoms with Crippen LogP contribution in [0.15, 0.2) is 15.9 Å². The summed E-state index contributed by atoms with van der Waals surface area (Å²) in [5.41, 5.74) is -1.07. The second-order valence-corrected chi connectivity index (χ2v) is 7.88. The van der Waals surface area contributed by atoms with Gasteiger partial charge in [-0.15, -0.1) is 11.3 Å². The summed E-state index contributed by atoms with van der Waals surface area (Å²) in [5, 5.41) is 9.19. The monoisotopic (exact) mass is 376 g/mol. The van der Waals surface area contributed by atoms with Crippen LogP contribution >= 0.6 is 27.3 Å². The Morgan fingerprint density at radius 1 is 1.38 bits per heavy atom. The molecule has 1 amide bonds. The molecule has 0 aliphatic rings. The average Bonchev–Trinajstić information content (AvgIpc) is 2.80. The number of likely N-dealkylation sites (N-methyl/N-ethyl adjacent to an activating group) is 2. The predicted molar refractivity (Wildman–Crippen MR) is 87.5 cm³/mol. The number of rotatable bonds is 7. The largest absolute Gasteiger partial charge is 0.480 e. The number of halogens is 1. The van der Waals surface area contributed by atoms with Gasteiger partial charge in [-0.1, -0.05) is 0 Å². The van der Waals surface area contributed by atoms with Gasteiger partial charge in [-0.05, 0) is 55.9 Å². The van der Waals surface area contributed by atoms with Crippen LogP contribution in [0.3, 0.4) is 0 Å². The lowest BCUT2D eigenvalue weighted by atomic mass is 10.0. The summed E-state index contributed by atoms with van der Waals surface area (Å²) in [4.78, 5) is 27.9. The van der Waals surface area contributed by atoms with Gasteiger partial charge in [0.1, 0.15) is 5.54 Å². The fourth-order valence-electron chi connectivity index (χ4n) is 1.66. The number of nitrogens with zero attached hydrogens (tertiary/aromatic N) is 2. The molecule has 0 saturated carbocycles. The molecule has 5 nitrogen and oxygen atoms in total. The van der Waals surface area contributed by atoms with Gasteiger partial charge in [0.25, 0.3) is 0 Å². The van der Waals surface area contributed by atoms with Gasteiger partial charge < -0.3 is 10.0 Å². The Morgan fingerprint density at radius 3 is 2.43 bits per heavy atom. The number of carbonyl (C=O) groups is 2. The number of carboxylic acid groups (broad SMARTS) is 1. The Hall–Kier alpha value is -0.920. The van der Waals surface area contributed by atoms with E-state index in [1.54, 1.807) is 42.0 Å². The van der Waals surface area contributed by atoms with Gasteiger partial charge in [-0.25, -0.2) is 0 Å². The smallest absolute Gasteiger partial charge is 0.323 e. The van der Waals surface area contributed by atoms with Crippen LogP contribution in [-0.2, 0) is 16.1 Å². The van der Waals surface area contributed by atoms with Crippen molar-refractivity contribution in [1.82, 2.24) is 9.80 Å². The third kappa shape index (κ3) is 4.79. The van der Waals surface area contributed by atoms with Crippen molar-refractivity contribution in [2.75, 3.05) is 20.1 Å². The lowest BCUT2D eigenvalue weighted by Crippen LogP contribution is -2.51. The van der Waals surface area contributed by atoms with Crippen molar-refractivity contribution >= 4 is 39.1 Å². The number of aliphatic carboxylic acids is 1. The first-order valence-corrected chi connectivity index (χ1v) is 8.26. The van der Waals surface area contributed by atoms with Crippen LogP contribution in [0.5, 0.6) is 0 Å². The van der Waals surface area contributed by atoms with Crippen LogP contribution in [0.25, 0.3) is 0 Å². The zero-order valence-electron chi connectivity index (χ0n) is 12.7. The number of carbonyl (C=O) groups excluding carboxylic acids is 1. The van der Waals surface area contributed by atoms with E-state index in [2.05, 4.69) is 15.9 Å². The second-order valence-electron chi connectivity index (χ2n) is 5.33.